The van der Waals surface area contributed by atoms with E-state index in [4.69, 9.17) is 9.47 Å². The molecule has 0 aromatic heterocycles. The number of hydrogen-bond donors (Lipinski definition) is 0. The van der Waals surface area contributed by atoms with Crippen molar-refractivity contribution in [3.63, 3.8) is 0 Å². The fourth-order valence-electron chi connectivity index (χ4n) is 4.22. The molecule has 1 saturated carbocycles. The number of thioether (sulfide) groups is 1. The minimum Gasteiger partial charge on any atom is -0.486 e. The molecule has 2 aliphatic heterocycles. The van der Waals surface area contributed by atoms with E-state index in [9.17, 15) is 13.2 Å². The highest BCUT2D eigenvalue weighted by Crippen LogP contribution is 2.35. The number of carbonyl (C=O) groups excluding carboxylic acids is 1. The maximum absolute atomic E-state index is 13.0. The topological polar surface area (TPSA) is 72.9 Å². The number of nitrogens with zero attached hydrogens (tertiary/aromatic N) is 1. The van der Waals surface area contributed by atoms with Crippen LogP contribution in [-0.2, 0) is 14.6 Å². The average Bonchev–Trinajstić information content (AvgIpc) is 3.30. The zero-order valence-corrected chi connectivity index (χ0v) is 16.9. The first-order valence-electron chi connectivity index (χ1n) is 9.56. The first-order valence-corrected chi connectivity index (χ1v) is 12.4. The van der Waals surface area contributed by atoms with Crippen molar-refractivity contribution >= 4 is 27.5 Å². The van der Waals surface area contributed by atoms with E-state index in [1.807, 2.05) is 23.1 Å². The summed E-state index contributed by atoms with van der Waals surface area (Å²) in [5, 5.41) is 0. The maximum atomic E-state index is 13.0. The van der Waals surface area contributed by atoms with Crippen molar-refractivity contribution in [2.24, 2.45) is 0 Å². The van der Waals surface area contributed by atoms with Gasteiger partial charge in [0.25, 0.3) is 0 Å². The van der Waals surface area contributed by atoms with Gasteiger partial charge in [-0.25, -0.2) is 8.42 Å². The molecule has 3 aliphatic rings. The molecule has 1 aromatic rings. The molecule has 0 bridgehead atoms. The Kier molecular flexibility index (Phi) is 5.55. The Morgan fingerprint density at radius 3 is 2.52 bits per heavy atom. The van der Waals surface area contributed by atoms with Gasteiger partial charge in [-0.2, -0.15) is 0 Å². The predicted molar refractivity (Wildman–Crippen MR) is 104 cm³/mol. The van der Waals surface area contributed by atoms with Gasteiger partial charge in [-0.3, -0.25) is 4.79 Å². The molecule has 6 nitrogen and oxygen atoms in total. The summed E-state index contributed by atoms with van der Waals surface area (Å²) in [5.41, 5.74) is 0. The maximum Gasteiger partial charge on any atom is 0.233 e. The number of benzene rings is 1. The van der Waals surface area contributed by atoms with Gasteiger partial charge in [0.2, 0.25) is 5.91 Å². The number of sulfone groups is 1. The van der Waals surface area contributed by atoms with Crippen LogP contribution in [-0.4, -0.2) is 61.8 Å². The van der Waals surface area contributed by atoms with Gasteiger partial charge in [-0.05, 0) is 37.5 Å². The Morgan fingerprint density at radius 2 is 1.81 bits per heavy atom. The normalized spacial score (nSPS) is 24.1. The Hall–Kier alpha value is -1.41. The predicted octanol–water partition coefficient (Wildman–Crippen LogP) is 2.51. The number of rotatable bonds is 5. The third-order valence-corrected chi connectivity index (χ3v) is 8.21. The minimum absolute atomic E-state index is 0.0453. The molecule has 8 heteroatoms. The number of hydrogen-bond acceptors (Lipinski definition) is 6. The fourth-order valence-corrected chi connectivity index (χ4v) is 6.72. The van der Waals surface area contributed by atoms with Crippen LogP contribution in [0.25, 0.3) is 0 Å². The number of amides is 1. The second-order valence-corrected chi connectivity index (χ2v) is 10.7. The van der Waals surface area contributed by atoms with Crippen molar-refractivity contribution in [3.05, 3.63) is 18.2 Å². The molecule has 27 heavy (non-hydrogen) atoms. The first-order chi connectivity index (χ1) is 13.0. The van der Waals surface area contributed by atoms with Crippen LogP contribution in [0, 0.1) is 0 Å². The Bertz CT molecular complexity index is 804. The summed E-state index contributed by atoms with van der Waals surface area (Å²) in [5.74, 6) is 2.12. The molecule has 0 N–H and O–H groups in total. The van der Waals surface area contributed by atoms with E-state index in [2.05, 4.69) is 0 Å². The fraction of sp³-hybridized carbons (Fsp3) is 0.632. The second-order valence-electron chi connectivity index (χ2n) is 7.39. The van der Waals surface area contributed by atoms with E-state index in [-0.39, 0.29) is 29.5 Å². The third kappa shape index (κ3) is 4.37. The zero-order chi connectivity index (χ0) is 18.9. The van der Waals surface area contributed by atoms with Gasteiger partial charge in [-0.15, -0.1) is 11.8 Å². The van der Waals surface area contributed by atoms with E-state index in [0.717, 1.165) is 36.3 Å². The highest BCUT2D eigenvalue weighted by molar-refractivity contribution is 8.00. The minimum atomic E-state index is -3.01. The Balaban J connectivity index is 1.44. The molecule has 2 fully saturated rings. The molecule has 1 amide bonds. The van der Waals surface area contributed by atoms with Crippen LogP contribution in [0.2, 0.25) is 0 Å². The molecule has 0 spiro atoms. The van der Waals surface area contributed by atoms with Gasteiger partial charge in [-0.1, -0.05) is 12.8 Å². The van der Waals surface area contributed by atoms with Crippen molar-refractivity contribution in [1.82, 2.24) is 4.90 Å². The van der Waals surface area contributed by atoms with E-state index in [0.29, 0.717) is 31.1 Å². The highest BCUT2D eigenvalue weighted by Gasteiger charge is 2.38. The summed E-state index contributed by atoms with van der Waals surface area (Å²) in [6.07, 6.45) is 4.76. The van der Waals surface area contributed by atoms with Crippen LogP contribution in [0.4, 0.5) is 0 Å². The molecule has 0 unspecified atom stereocenters. The van der Waals surface area contributed by atoms with Gasteiger partial charge in [0, 0.05) is 17.0 Å². The SMILES string of the molecule is O=C(CSc1ccc2c(c1)OCCO2)N(C1CCCC1)[C@H]1CCS(=O)(=O)C1. The lowest BCUT2D eigenvalue weighted by molar-refractivity contribution is -0.132. The standard InChI is InChI=1S/C19H25NO5S2/c21-19(12-26-16-5-6-17-18(11-16)25-9-8-24-17)20(14-3-1-2-4-14)15-7-10-27(22,23)13-15/h5-6,11,14-15H,1-4,7-10,12-13H2/t15-/m0/s1. The summed E-state index contributed by atoms with van der Waals surface area (Å²) in [6, 6.07) is 5.75. The summed E-state index contributed by atoms with van der Waals surface area (Å²) in [4.78, 5) is 15.9. The second kappa shape index (κ2) is 7.91. The molecule has 1 atom stereocenters. The molecule has 2 heterocycles. The van der Waals surface area contributed by atoms with Gasteiger partial charge >= 0.3 is 0 Å². The molecular weight excluding hydrogens is 386 g/mol. The zero-order valence-electron chi connectivity index (χ0n) is 15.3. The summed E-state index contributed by atoms with van der Waals surface area (Å²) in [7, 11) is -3.01. The van der Waals surface area contributed by atoms with Gasteiger partial charge < -0.3 is 14.4 Å². The van der Waals surface area contributed by atoms with Gasteiger partial charge in [0.15, 0.2) is 21.3 Å². The highest BCUT2D eigenvalue weighted by atomic mass is 32.2. The van der Waals surface area contributed by atoms with Crippen molar-refractivity contribution in [1.29, 1.82) is 0 Å². The molecule has 1 saturated heterocycles. The quantitative estimate of drug-likeness (QED) is 0.693. The summed E-state index contributed by atoms with van der Waals surface area (Å²) in [6.45, 7) is 1.09. The molecule has 1 aromatic carbocycles. The van der Waals surface area contributed by atoms with E-state index in [1.54, 1.807) is 0 Å². The summed E-state index contributed by atoms with van der Waals surface area (Å²) < 4.78 is 35.0. The molecule has 4 rings (SSSR count). The third-order valence-electron chi connectivity index (χ3n) is 5.48. The Labute approximate surface area is 164 Å². The van der Waals surface area contributed by atoms with Crippen LogP contribution in [0.1, 0.15) is 32.1 Å². The lowest BCUT2D eigenvalue weighted by Gasteiger charge is -2.34. The van der Waals surface area contributed by atoms with Crippen LogP contribution in [0.5, 0.6) is 11.5 Å². The molecule has 148 valence electrons. The average molecular weight is 412 g/mol. The van der Waals surface area contributed by atoms with Crippen molar-refractivity contribution in [3.8, 4) is 11.5 Å². The van der Waals surface area contributed by atoms with Crippen LogP contribution >= 0.6 is 11.8 Å². The van der Waals surface area contributed by atoms with Gasteiger partial charge in [0.1, 0.15) is 13.2 Å². The van der Waals surface area contributed by atoms with Crippen LogP contribution in [0.3, 0.4) is 0 Å². The summed E-state index contributed by atoms with van der Waals surface area (Å²) >= 11 is 1.47. The first kappa shape index (κ1) is 18.9. The number of ether oxygens (including phenoxy) is 2. The van der Waals surface area contributed by atoms with Crippen LogP contribution < -0.4 is 9.47 Å². The number of fused-ring (bicyclic) bond motifs is 1. The van der Waals surface area contributed by atoms with Gasteiger partial charge in [0.05, 0.1) is 17.3 Å². The molecular formula is C19H25NO5S2. The lowest BCUT2D eigenvalue weighted by Crippen LogP contribution is -2.47. The van der Waals surface area contributed by atoms with E-state index >= 15 is 0 Å². The van der Waals surface area contributed by atoms with Crippen molar-refractivity contribution in [2.75, 3.05) is 30.5 Å². The monoisotopic (exact) mass is 411 g/mol. The van der Waals surface area contributed by atoms with Crippen LogP contribution in [0.15, 0.2) is 23.1 Å². The smallest absolute Gasteiger partial charge is 0.233 e. The number of carbonyl (C=O) groups is 1. The molecule has 1 aliphatic carbocycles. The largest absolute Gasteiger partial charge is 0.486 e. The van der Waals surface area contributed by atoms with Crippen molar-refractivity contribution in [2.45, 2.75) is 49.1 Å². The Morgan fingerprint density at radius 1 is 1.07 bits per heavy atom. The van der Waals surface area contributed by atoms with Crippen molar-refractivity contribution < 1.29 is 22.7 Å². The molecule has 0 radical (unpaired) electrons. The van der Waals surface area contributed by atoms with E-state index < -0.39 is 9.84 Å². The van der Waals surface area contributed by atoms with E-state index in [1.165, 1.54) is 11.8 Å². The lowest BCUT2D eigenvalue weighted by atomic mass is 10.1.